The molecule has 0 spiro atoms. The summed E-state index contributed by atoms with van der Waals surface area (Å²) >= 11 is 4.12. The Balaban J connectivity index is 1.24. The number of hydrogen-bond acceptors (Lipinski definition) is 6. The number of piperazine rings is 1. The molecule has 0 aromatic rings. The van der Waals surface area contributed by atoms with Crippen LogP contribution in [0.5, 0.6) is 0 Å². The number of nitrogens with zero attached hydrogens (tertiary/aromatic N) is 3. The molecule has 2 saturated heterocycles. The van der Waals surface area contributed by atoms with Crippen LogP contribution in [0.25, 0.3) is 0 Å². The molecule has 6 heteroatoms. The van der Waals surface area contributed by atoms with E-state index in [1.54, 1.807) is 0 Å². The minimum atomic E-state index is 0.931. The molecule has 3 heterocycles. The normalized spacial score (nSPS) is 31.8. The summed E-state index contributed by atoms with van der Waals surface area (Å²) in [5.74, 6) is 8.21. The summed E-state index contributed by atoms with van der Waals surface area (Å²) in [5.41, 5.74) is 2.73. The van der Waals surface area contributed by atoms with Gasteiger partial charge in [0.2, 0.25) is 0 Å². The number of rotatable bonds is 4. The van der Waals surface area contributed by atoms with Crippen LogP contribution >= 0.6 is 23.5 Å². The van der Waals surface area contributed by atoms with Crippen molar-refractivity contribution in [3.05, 3.63) is 22.2 Å². The summed E-state index contributed by atoms with van der Waals surface area (Å²) in [6, 6.07) is 0. The fourth-order valence-corrected chi connectivity index (χ4v) is 7.32. The lowest BCUT2D eigenvalue weighted by Gasteiger charge is -2.35. The third-order valence-corrected chi connectivity index (χ3v) is 9.25. The topological polar surface area (TPSA) is 44.9 Å². The molecule has 4 nitrogen and oxygen atoms in total. The number of hydrazine groups is 1. The van der Waals surface area contributed by atoms with Crippen molar-refractivity contribution in [2.45, 2.75) is 75.9 Å². The summed E-state index contributed by atoms with van der Waals surface area (Å²) in [6.07, 6.45) is 17.2. The second-order valence-corrected chi connectivity index (χ2v) is 11.3. The van der Waals surface area contributed by atoms with E-state index >= 15 is 0 Å². The first-order valence-electron chi connectivity index (χ1n) is 11.7. The predicted molar refractivity (Wildman–Crippen MR) is 129 cm³/mol. The summed E-state index contributed by atoms with van der Waals surface area (Å²) in [4.78, 5) is 7.57. The average Bonchev–Trinajstić information content (AvgIpc) is 3.13. The standard InChI is InChI=1S/C23H38N4S2/c24-27-14-12-26(13-15-27)23-11-10-21(18-29-23)25-20-6-4-5-19(8-9-20)17-22-7-2-1-3-16-28-22/h11,18-19,22H,1-10,12-17,24H2. The molecular formula is C23H38N4S2. The summed E-state index contributed by atoms with van der Waals surface area (Å²) in [7, 11) is 0. The largest absolute Gasteiger partial charge is 0.364 e. The molecule has 0 aromatic heterocycles. The maximum Gasteiger partial charge on any atom is 0.0714 e. The van der Waals surface area contributed by atoms with E-state index in [0.29, 0.717) is 0 Å². The zero-order chi connectivity index (χ0) is 19.9. The van der Waals surface area contributed by atoms with E-state index in [9.17, 15) is 0 Å². The van der Waals surface area contributed by atoms with Crippen LogP contribution < -0.4 is 5.84 Å². The minimum absolute atomic E-state index is 0.931. The number of nitrogens with two attached hydrogens (primary N) is 1. The van der Waals surface area contributed by atoms with Crippen molar-refractivity contribution in [3.63, 3.8) is 0 Å². The van der Waals surface area contributed by atoms with E-state index in [1.807, 2.05) is 16.8 Å². The number of thioether (sulfide) groups is 2. The van der Waals surface area contributed by atoms with E-state index in [4.69, 9.17) is 10.8 Å². The molecule has 4 rings (SSSR count). The molecule has 29 heavy (non-hydrogen) atoms. The van der Waals surface area contributed by atoms with Crippen LogP contribution in [0.1, 0.15) is 70.6 Å². The molecule has 1 aliphatic carbocycles. The van der Waals surface area contributed by atoms with Crippen LogP contribution in [0, 0.1) is 5.92 Å². The SMILES string of the molecule is NN1CCN(C2=CCC(N=C3CCCC(CC4CCCCCS4)CC3)=CS2)CC1. The lowest BCUT2D eigenvalue weighted by molar-refractivity contribution is 0.168. The zero-order valence-corrected chi connectivity index (χ0v) is 19.5. The van der Waals surface area contributed by atoms with Crippen molar-refractivity contribution >= 4 is 29.2 Å². The molecule has 0 aromatic carbocycles. The van der Waals surface area contributed by atoms with Gasteiger partial charge in [0.15, 0.2) is 0 Å². The van der Waals surface area contributed by atoms with Crippen LogP contribution in [-0.2, 0) is 0 Å². The van der Waals surface area contributed by atoms with Crippen LogP contribution in [0.2, 0.25) is 0 Å². The molecule has 4 aliphatic rings. The van der Waals surface area contributed by atoms with E-state index in [0.717, 1.165) is 43.8 Å². The van der Waals surface area contributed by atoms with Crippen molar-refractivity contribution in [2.24, 2.45) is 16.8 Å². The van der Waals surface area contributed by atoms with Gasteiger partial charge in [-0.15, -0.1) is 0 Å². The Morgan fingerprint density at radius 3 is 2.72 bits per heavy atom. The molecule has 1 saturated carbocycles. The van der Waals surface area contributed by atoms with E-state index < -0.39 is 0 Å². The van der Waals surface area contributed by atoms with E-state index in [1.165, 1.54) is 86.4 Å². The maximum atomic E-state index is 5.88. The maximum absolute atomic E-state index is 5.88. The second-order valence-electron chi connectivity index (χ2n) is 9.05. The average molecular weight is 435 g/mol. The van der Waals surface area contributed by atoms with Crippen LogP contribution in [0.4, 0.5) is 0 Å². The first-order chi connectivity index (χ1) is 14.3. The van der Waals surface area contributed by atoms with Gasteiger partial charge in [0, 0.05) is 43.6 Å². The van der Waals surface area contributed by atoms with Crippen LogP contribution in [0.15, 0.2) is 27.2 Å². The molecule has 3 aliphatic heterocycles. The molecule has 162 valence electrons. The van der Waals surface area contributed by atoms with E-state index in [-0.39, 0.29) is 0 Å². The minimum Gasteiger partial charge on any atom is -0.364 e. The Hall–Kier alpha value is -0.430. The Morgan fingerprint density at radius 2 is 1.90 bits per heavy atom. The lowest BCUT2D eigenvalue weighted by atomic mass is 9.93. The van der Waals surface area contributed by atoms with Gasteiger partial charge in [-0.05, 0) is 68.1 Å². The molecule has 2 atom stereocenters. The first-order valence-corrected chi connectivity index (χ1v) is 13.7. The smallest absolute Gasteiger partial charge is 0.0714 e. The van der Waals surface area contributed by atoms with Crippen molar-refractivity contribution in [3.8, 4) is 0 Å². The highest BCUT2D eigenvalue weighted by atomic mass is 32.2. The molecule has 0 bridgehead atoms. The number of allylic oxidation sites excluding steroid dienone is 1. The molecule has 2 N–H and O–H groups in total. The highest BCUT2D eigenvalue weighted by molar-refractivity contribution is 8.05. The molecule has 0 radical (unpaired) electrons. The molecule has 2 unspecified atom stereocenters. The van der Waals surface area contributed by atoms with Gasteiger partial charge >= 0.3 is 0 Å². The lowest BCUT2D eigenvalue weighted by Crippen LogP contribution is -2.48. The summed E-state index contributed by atoms with van der Waals surface area (Å²) < 4.78 is 0. The van der Waals surface area contributed by atoms with E-state index in [2.05, 4.69) is 28.1 Å². The van der Waals surface area contributed by atoms with Gasteiger partial charge in [-0.25, -0.2) is 5.01 Å². The molecular weight excluding hydrogens is 396 g/mol. The van der Waals surface area contributed by atoms with Gasteiger partial charge in [-0.3, -0.25) is 10.8 Å². The Bertz CT molecular complexity index is 614. The van der Waals surface area contributed by atoms with Gasteiger partial charge in [-0.1, -0.05) is 31.0 Å². The van der Waals surface area contributed by atoms with Crippen LogP contribution in [-0.4, -0.2) is 52.8 Å². The fourth-order valence-electron chi connectivity index (χ4n) is 4.96. The second kappa shape index (κ2) is 11.3. The van der Waals surface area contributed by atoms with Gasteiger partial charge in [0.05, 0.1) is 10.7 Å². The fraction of sp³-hybridized carbons (Fsp3) is 0.783. The van der Waals surface area contributed by atoms with Gasteiger partial charge in [-0.2, -0.15) is 11.8 Å². The summed E-state index contributed by atoms with van der Waals surface area (Å²) in [6.45, 7) is 3.98. The van der Waals surface area contributed by atoms with Gasteiger partial charge in [0.25, 0.3) is 0 Å². The van der Waals surface area contributed by atoms with Crippen molar-refractivity contribution in [1.29, 1.82) is 0 Å². The van der Waals surface area contributed by atoms with Crippen LogP contribution in [0.3, 0.4) is 0 Å². The molecule has 3 fully saturated rings. The Morgan fingerprint density at radius 1 is 1.00 bits per heavy atom. The van der Waals surface area contributed by atoms with Crippen molar-refractivity contribution < 1.29 is 0 Å². The quantitative estimate of drug-likeness (QED) is 0.475. The number of aliphatic imine (C=N–C) groups is 1. The zero-order valence-electron chi connectivity index (χ0n) is 17.9. The third-order valence-electron chi connectivity index (χ3n) is 6.77. The highest BCUT2D eigenvalue weighted by Gasteiger charge is 2.22. The Kier molecular flexibility index (Phi) is 8.46. The molecule has 0 amide bonds. The Labute approximate surface area is 185 Å². The van der Waals surface area contributed by atoms with Crippen molar-refractivity contribution in [2.75, 3.05) is 31.9 Å². The summed E-state index contributed by atoms with van der Waals surface area (Å²) in [5, 5.41) is 6.54. The highest BCUT2D eigenvalue weighted by Crippen LogP contribution is 2.35. The number of hydrogen-bond donors (Lipinski definition) is 1. The predicted octanol–water partition coefficient (Wildman–Crippen LogP) is 5.38. The monoisotopic (exact) mass is 434 g/mol. The van der Waals surface area contributed by atoms with Gasteiger partial charge in [0.1, 0.15) is 0 Å². The third kappa shape index (κ3) is 6.78. The van der Waals surface area contributed by atoms with Gasteiger partial charge < -0.3 is 4.90 Å². The first kappa shape index (κ1) is 21.8. The van der Waals surface area contributed by atoms with Crippen molar-refractivity contribution in [1.82, 2.24) is 9.91 Å².